The molecule has 0 bridgehead atoms. The van der Waals surface area contributed by atoms with Crippen LogP contribution in [0.5, 0.6) is 0 Å². The number of aromatic nitrogens is 2. The van der Waals surface area contributed by atoms with Gasteiger partial charge in [-0.2, -0.15) is 0 Å². The van der Waals surface area contributed by atoms with Crippen molar-refractivity contribution < 1.29 is 0 Å². The van der Waals surface area contributed by atoms with Crippen LogP contribution in [0.2, 0.25) is 0 Å². The number of hydrogen-bond acceptors (Lipinski definition) is 4. The van der Waals surface area contributed by atoms with Crippen molar-refractivity contribution >= 4 is 57.2 Å². The fourth-order valence-electron chi connectivity index (χ4n) is 10.9. The number of hydrogen-bond donors (Lipinski definition) is 0. The number of nitrogens with zero attached hydrogens (tertiary/aromatic N) is 4. The average molecular weight is 987 g/mol. The van der Waals surface area contributed by atoms with Crippen LogP contribution in [-0.2, 0) is 32.5 Å². The summed E-state index contributed by atoms with van der Waals surface area (Å²) in [6.45, 7) is 42.1. The normalized spacial score (nSPS) is 13.9. The third-order valence-corrected chi connectivity index (χ3v) is 15.7. The highest BCUT2D eigenvalue weighted by Gasteiger charge is 2.45. The van der Waals surface area contributed by atoms with Gasteiger partial charge in [-0.3, -0.25) is 0 Å². The molecule has 10 rings (SSSR count). The summed E-state index contributed by atoms with van der Waals surface area (Å²) in [7, 11) is 0. The highest BCUT2D eigenvalue weighted by Crippen LogP contribution is 2.49. The van der Waals surface area contributed by atoms with Gasteiger partial charge in [-0.15, -0.1) is 0 Å². The standard InChI is InChI=1S/C70H79BN4/c1-65(2,3)47-29-31-55-59(41-47)74(53-37-49(67(7,8)9)35-50(38-53)68(10,11)12)61-33-46(64-72-57(44-25-21-19-22-26-44)43-58(73-64)45-27-23-20-24-28-45)34-62-63(61)71(55)56-32-30-48(66(4,5)6)42-60(56)75(62)54-39-51(69(13,14)15)36-52(40-54)70(16,17)18/h19-43H,1-18H3. The van der Waals surface area contributed by atoms with Crippen molar-refractivity contribution in [2.24, 2.45) is 0 Å². The molecule has 7 aromatic carbocycles. The van der Waals surface area contributed by atoms with Crippen molar-refractivity contribution in [3.63, 3.8) is 0 Å². The Bertz CT molecular complexity index is 3200. The molecule has 0 unspecified atom stereocenters. The molecule has 0 atom stereocenters. The van der Waals surface area contributed by atoms with Gasteiger partial charge >= 0.3 is 0 Å². The zero-order valence-corrected chi connectivity index (χ0v) is 48.3. The highest BCUT2D eigenvalue weighted by molar-refractivity contribution is 7.00. The summed E-state index contributed by atoms with van der Waals surface area (Å²) in [6.07, 6.45) is 0. The molecule has 5 heteroatoms. The van der Waals surface area contributed by atoms with E-state index in [4.69, 9.17) is 9.97 Å². The Morgan fingerprint density at radius 3 is 0.960 bits per heavy atom. The molecule has 0 N–H and O–H groups in total. The van der Waals surface area contributed by atoms with Crippen molar-refractivity contribution in [2.75, 3.05) is 9.80 Å². The lowest BCUT2D eigenvalue weighted by Crippen LogP contribution is -2.61. The monoisotopic (exact) mass is 987 g/mol. The molecule has 8 aromatic rings. The van der Waals surface area contributed by atoms with E-state index in [1.807, 2.05) is 0 Å². The van der Waals surface area contributed by atoms with Crippen LogP contribution in [-0.4, -0.2) is 16.7 Å². The van der Waals surface area contributed by atoms with Crippen LogP contribution in [0.25, 0.3) is 33.9 Å². The van der Waals surface area contributed by atoms with Crippen LogP contribution < -0.4 is 26.2 Å². The first-order chi connectivity index (χ1) is 34.9. The number of rotatable bonds is 5. The predicted octanol–water partition coefficient (Wildman–Crippen LogP) is 17.3. The lowest BCUT2D eigenvalue weighted by molar-refractivity contribution is 0.568. The van der Waals surface area contributed by atoms with Crippen molar-refractivity contribution in [1.82, 2.24) is 9.97 Å². The Labute approximate surface area is 450 Å². The molecule has 0 spiro atoms. The van der Waals surface area contributed by atoms with Gasteiger partial charge in [-0.1, -0.05) is 222 Å². The van der Waals surface area contributed by atoms with Crippen LogP contribution in [0.15, 0.2) is 152 Å². The summed E-state index contributed by atoms with van der Waals surface area (Å²) < 4.78 is 0. The molecule has 0 radical (unpaired) electrons. The van der Waals surface area contributed by atoms with Crippen molar-refractivity contribution in [3.8, 4) is 33.9 Å². The van der Waals surface area contributed by atoms with Crippen LogP contribution in [0.3, 0.4) is 0 Å². The minimum absolute atomic E-state index is 0.0678. The molecule has 75 heavy (non-hydrogen) atoms. The average Bonchev–Trinajstić information content (AvgIpc) is 3.35. The minimum atomic E-state index is -0.103. The third kappa shape index (κ3) is 9.77. The van der Waals surface area contributed by atoms with Crippen LogP contribution in [0.4, 0.5) is 34.1 Å². The maximum Gasteiger partial charge on any atom is 0.252 e. The quantitative estimate of drug-likeness (QED) is 0.161. The molecule has 0 aliphatic carbocycles. The highest BCUT2D eigenvalue weighted by atomic mass is 15.2. The second-order valence-electron chi connectivity index (χ2n) is 27.8. The molecule has 382 valence electrons. The van der Waals surface area contributed by atoms with Gasteiger partial charge in [-0.25, -0.2) is 9.97 Å². The van der Waals surface area contributed by atoms with Gasteiger partial charge in [0.15, 0.2) is 5.82 Å². The third-order valence-electron chi connectivity index (χ3n) is 15.7. The number of fused-ring (bicyclic) bond motifs is 4. The summed E-state index contributed by atoms with van der Waals surface area (Å²) in [6, 6.07) is 57.6. The summed E-state index contributed by atoms with van der Waals surface area (Å²) in [4.78, 5) is 16.4. The molecule has 0 saturated heterocycles. The number of benzene rings is 7. The fraction of sp³-hybridized carbons (Fsp3) is 0.343. The van der Waals surface area contributed by atoms with E-state index in [2.05, 4.69) is 286 Å². The van der Waals surface area contributed by atoms with Crippen LogP contribution >= 0.6 is 0 Å². The Hall–Kier alpha value is -6.72. The maximum absolute atomic E-state index is 5.58. The van der Waals surface area contributed by atoms with Gasteiger partial charge in [0.25, 0.3) is 6.71 Å². The van der Waals surface area contributed by atoms with E-state index in [1.54, 1.807) is 0 Å². The second kappa shape index (κ2) is 18.0. The van der Waals surface area contributed by atoms with Gasteiger partial charge in [0.2, 0.25) is 0 Å². The van der Waals surface area contributed by atoms with E-state index >= 15 is 0 Å². The Morgan fingerprint density at radius 2 is 0.640 bits per heavy atom. The van der Waals surface area contributed by atoms with E-state index in [0.29, 0.717) is 5.82 Å². The molecule has 4 nitrogen and oxygen atoms in total. The molecular formula is C70H79BN4. The summed E-state index contributed by atoms with van der Waals surface area (Å²) in [5, 5.41) is 0. The fourth-order valence-corrected chi connectivity index (χ4v) is 10.9. The van der Waals surface area contributed by atoms with Gasteiger partial charge in [0.1, 0.15) is 0 Å². The summed E-state index contributed by atoms with van der Waals surface area (Å²) in [5.74, 6) is 0.687. The van der Waals surface area contributed by atoms with E-state index in [-0.39, 0.29) is 39.2 Å². The van der Waals surface area contributed by atoms with E-state index < -0.39 is 0 Å². The van der Waals surface area contributed by atoms with Gasteiger partial charge in [0, 0.05) is 50.8 Å². The Kier molecular flexibility index (Phi) is 12.4. The topological polar surface area (TPSA) is 32.3 Å². The molecule has 0 fully saturated rings. The first-order valence-electron chi connectivity index (χ1n) is 27.3. The molecule has 2 aliphatic rings. The van der Waals surface area contributed by atoms with Crippen molar-refractivity contribution in [1.29, 1.82) is 0 Å². The summed E-state index contributed by atoms with van der Waals surface area (Å²) in [5.41, 5.74) is 23.0. The lowest BCUT2D eigenvalue weighted by atomic mass is 9.33. The van der Waals surface area contributed by atoms with E-state index in [1.165, 1.54) is 61.1 Å². The molecule has 0 amide bonds. The molecular weight excluding hydrogens is 908 g/mol. The smallest absolute Gasteiger partial charge is 0.252 e. The number of anilines is 6. The maximum atomic E-state index is 5.58. The summed E-state index contributed by atoms with van der Waals surface area (Å²) >= 11 is 0. The zero-order valence-electron chi connectivity index (χ0n) is 48.3. The van der Waals surface area contributed by atoms with Gasteiger partial charge in [0.05, 0.1) is 11.4 Å². The first kappa shape index (κ1) is 51.8. The van der Waals surface area contributed by atoms with E-state index in [0.717, 1.165) is 50.8 Å². The molecule has 2 aliphatic heterocycles. The largest absolute Gasteiger partial charge is 0.311 e. The Balaban J connectivity index is 1.41. The molecule has 0 saturated carbocycles. The lowest BCUT2D eigenvalue weighted by Gasteiger charge is -2.45. The van der Waals surface area contributed by atoms with Crippen molar-refractivity contribution in [2.45, 2.75) is 157 Å². The van der Waals surface area contributed by atoms with Gasteiger partial charge in [-0.05, 0) is 137 Å². The van der Waals surface area contributed by atoms with Crippen LogP contribution in [0, 0.1) is 0 Å². The second-order valence-corrected chi connectivity index (χ2v) is 27.8. The SMILES string of the molecule is CC(C)(C)c1cc(N2c3cc(C(C)(C)C)ccc3B3c4ccc(C(C)(C)C)cc4N(c4cc(C(C)(C)C)cc(C(C)(C)C)c4)c4cc(-c5nc(-c6ccccc6)cc(-c6ccccc6)n5)cc2c43)cc(C(C)(C)C)c1. The molecule has 1 aromatic heterocycles. The zero-order chi connectivity index (χ0) is 53.9. The van der Waals surface area contributed by atoms with Crippen molar-refractivity contribution in [3.05, 3.63) is 185 Å². The van der Waals surface area contributed by atoms with Gasteiger partial charge < -0.3 is 9.80 Å². The van der Waals surface area contributed by atoms with Crippen LogP contribution in [0.1, 0.15) is 158 Å². The predicted molar refractivity (Wildman–Crippen MR) is 325 cm³/mol. The molecule has 3 heterocycles. The minimum Gasteiger partial charge on any atom is -0.311 e. The Morgan fingerprint density at radius 1 is 0.307 bits per heavy atom. The van der Waals surface area contributed by atoms with E-state index in [9.17, 15) is 0 Å². The first-order valence-corrected chi connectivity index (χ1v) is 27.3.